The molecule has 0 aromatic rings. The average molecular weight is 180 g/mol. The molecule has 0 aliphatic heterocycles. The SMILES string of the molecule is Cl[Si](Cl)CC1CC=CC1. The van der Waals surface area contributed by atoms with Crippen LogP contribution in [0.1, 0.15) is 12.8 Å². The van der Waals surface area contributed by atoms with Crippen LogP contribution in [0.15, 0.2) is 12.2 Å². The fraction of sp³-hybridized carbons (Fsp3) is 0.667. The van der Waals surface area contributed by atoms with Crippen LogP contribution in [0.4, 0.5) is 0 Å². The summed E-state index contributed by atoms with van der Waals surface area (Å²) in [6, 6.07) is 1.04. The normalized spacial score (nSPS) is 19.9. The van der Waals surface area contributed by atoms with Gasteiger partial charge in [0.1, 0.15) is 0 Å². The van der Waals surface area contributed by atoms with E-state index in [4.69, 9.17) is 22.2 Å². The standard InChI is InChI=1S/C6H9Cl2Si/c7-9(8)5-6-3-1-2-4-6/h1-2,6H,3-5H2. The minimum absolute atomic E-state index is 0.758. The molecule has 0 spiro atoms. The Kier molecular flexibility index (Phi) is 3.09. The van der Waals surface area contributed by atoms with Gasteiger partial charge < -0.3 is 0 Å². The van der Waals surface area contributed by atoms with Crippen LogP contribution >= 0.6 is 22.2 Å². The van der Waals surface area contributed by atoms with E-state index in [9.17, 15) is 0 Å². The van der Waals surface area contributed by atoms with Gasteiger partial charge in [-0.05, 0) is 24.8 Å². The van der Waals surface area contributed by atoms with Gasteiger partial charge in [-0.1, -0.05) is 12.2 Å². The number of hydrogen-bond acceptors (Lipinski definition) is 0. The topological polar surface area (TPSA) is 0 Å². The third-order valence-corrected chi connectivity index (χ3v) is 3.36. The second kappa shape index (κ2) is 3.64. The van der Waals surface area contributed by atoms with Crippen molar-refractivity contribution in [3.05, 3.63) is 12.2 Å². The first-order valence-electron chi connectivity index (χ1n) is 3.11. The summed E-state index contributed by atoms with van der Waals surface area (Å²) in [6.45, 7) is 0. The Hall–Kier alpha value is 0.537. The number of allylic oxidation sites excluding steroid dienone is 2. The molecule has 0 saturated carbocycles. The molecule has 0 heterocycles. The fourth-order valence-corrected chi connectivity index (χ4v) is 3.14. The first kappa shape index (κ1) is 7.64. The molecule has 0 unspecified atom stereocenters. The molecule has 0 bridgehead atoms. The van der Waals surface area contributed by atoms with Gasteiger partial charge in [0.05, 0.1) is 0 Å². The Balaban J connectivity index is 2.14. The lowest BCUT2D eigenvalue weighted by atomic mass is 10.1. The average Bonchev–Trinajstić information content (AvgIpc) is 2.15. The van der Waals surface area contributed by atoms with Crippen LogP contribution in [0.5, 0.6) is 0 Å². The van der Waals surface area contributed by atoms with Crippen molar-refractivity contribution in [1.29, 1.82) is 0 Å². The predicted octanol–water partition coefficient (Wildman–Crippen LogP) is 2.92. The van der Waals surface area contributed by atoms with E-state index in [2.05, 4.69) is 12.2 Å². The van der Waals surface area contributed by atoms with Gasteiger partial charge in [0.25, 0.3) is 7.42 Å². The van der Waals surface area contributed by atoms with Crippen LogP contribution in [0.3, 0.4) is 0 Å². The highest BCUT2D eigenvalue weighted by Crippen LogP contribution is 2.25. The fourth-order valence-electron chi connectivity index (χ4n) is 1.06. The van der Waals surface area contributed by atoms with E-state index in [1.807, 2.05) is 0 Å². The summed E-state index contributed by atoms with van der Waals surface area (Å²) in [4.78, 5) is 0. The quantitative estimate of drug-likeness (QED) is 0.348. The highest BCUT2D eigenvalue weighted by atomic mass is 35.7. The van der Waals surface area contributed by atoms with Gasteiger partial charge in [-0.15, -0.1) is 22.2 Å². The van der Waals surface area contributed by atoms with E-state index >= 15 is 0 Å². The summed E-state index contributed by atoms with van der Waals surface area (Å²) in [5, 5.41) is 0. The number of rotatable bonds is 2. The lowest BCUT2D eigenvalue weighted by molar-refractivity contribution is 0.635. The molecule has 1 aliphatic carbocycles. The van der Waals surface area contributed by atoms with Gasteiger partial charge >= 0.3 is 0 Å². The molecule has 51 valence electrons. The summed E-state index contributed by atoms with van der Waals surface area (Å²) in [5.41, 5.74) is 0. The third kappa shape index (κ3) is 2.74. The zero-order chi connectivity index (χ0) is 6.69. The van der Waals surface area contributed by atoms with Crippen LogP contribution in [-0.2, 0) is 0 Å². The molecular weight excluding hydrogens is 171 g/mol. The van der Waals surface area contributed by atoms with Crippen LogP contribution in [0.25, 0.3) is 0 Å². The van der Waals surface area contributed by atoms with Gasteiger partial charge in [0, 0.05) is 0 Å². The van der Waals surface area contributed by atoms with E-state index in [0.717, 1.165) is 12.0 Å². The van der Waals surface area contributed by atoms with Crippen LogP contribution in [0, 0.1) is 5.92 Å². The van der Waals surface area contributed by atoms with Crippen molar-refractivity contribution in [2.24, 2.45) is 5.92 Å². The predicted molar refractivity (Wildman–Crippen MR) is 44.1 cm³/mol. The number of halogens is 2. The van der Waals surface area contributed by atoms with E-state index in [0.29, 0.717) is 0 Å². The summed E-state index contributed by atoms with van der Waals surface area (Å²) in [5.74, 6) is 0.758. The van der Waals surface area contributed by atoms with Crippen LogP contribution in [-0.4, -0.2) is 7.42 Å². The Morgan fingerprint density at radius 1 is 1.33 bits per heavy atom. The van der Waals surface area contributed by atoms with Crippen molar-refractivity contribution in [2.75, 3.05) is 0 Å². The summed E-state index contributed by atoms with van der Waals surface area (Å²) >= 11 is 11.4. The highest BCUT2D eigenvalue weighted by Gasteiger charge is 2.15. The van der Waals surface area contributed by atoms with Crippen molar-refractivity contribution in [2.45, 2.75) is 18.9 Å². The maximum atomic E-state index is 5.70. The molecule has 9 heavy (non-hydrogen) atoms. The van der Waals surface area contributed by atoms with Crippen molar-refractivity contribution < 1.29 is 0 Å². The molecule has 0 N–H and O–H groups in total. The zero-order valence-corrected chi connectivity index (χ0v) is 7.62. The van der Waals surface area contributed by atoms with Crippen molar-refractivity contribution in [3.8, 4) is 0 Å². The Labute approximate surface area is 66.9 Å². The maximum absolute atomic E-state index is 5.70. The molecular formula is C6H9Cl2Si. The first-order valence-corrected chi connectivity index (χ1v) is 6.84. The van der Waals surface area contributed by atoms with E-state index in [1.54, 1.807) is 0 Å². The molecule has 0 nitrogen and oxygen atoms in total. The Morgan fingerprint density at radius 3 is 2.33 bits per heavy atom. The Bertz CT molecular complexity index is 104. The van der Waals surface area contributed by atoms with Gasteiger partial charge in [0.2, 0.25) is 0 Å². The van der Waals surface area contributed by atoms with E-state index < -0.39 is 7.42 Å². The summed E-state index contributed by atoms with van der Waals surface area (Å²) < 4.78 is 0. The lowest BCUT2D eigenvalue weighted by Crippen LogP contribution is -2.01. The monoisotopic (exact) mass is 179 g/mol. The van der Waals surface area contributed by atoms with Gasteiger partial charge in [-0.2, -0.15) is 0 Å². The van der Waals surface area contributed by atoms with Gasteiger partial charge in [-0.25, -0.2) is 0 Å². The minimum Gasteiger partial charge on any atom is -0.147 e. The third-order valence-electron chi connectivity index (χ3n) is 1.55. The Morgan fingerprint density at radius 2 is 1.89 bits per heavy atom. The smallest absolute Gasteiger partial charge is 0.147 e. The molecule has 0 saturated heterocycles. The van der Waals surface area contributed by atoms with Crippen molar-refractivity contribution in [1.82, 2.24) is 0 Å². The molecule has 1 rings (SSSR count). The second-order valence-electron chi connectivity index (χ2n) is 2.35. The molecule has 0 aromatic carbocycles. The molecule has 3 heteroatoms. The first-order chi connectivity index (χ1) is 4.29. The second-order valence-corrected chi connectivity index (χ2v) is 6.76. The largest absolute Gasteiger partial charge is 0.274 e. The van der Waals surface area contributed by atoms with E-state index in [1.165, 1.54) is 12.8 Å². The highest BCUT2D eigenvalue weighted by molar-refractivity contribution is 7.33. The van der Waals surface area contributed by atoms with Crippen molar-refractivity contribution in [3.63, 3.8) is 0 Å². The van der Waals surface area contributed by atoms with Crippen LogP contribution < -0.4 is 0 Å². The number of hydrogen-bond donors (Lipinski definition) is 0. The molecule has 1 radical (unpaired) electrons. The van der Waals surface area contributed by atoms with Gasteiger partial charge in [-0.3, -0.25) is 0 Å². The van der Waals surface area contributed by atoms with E-state index in [-0.39, 0.29) is 0 Å². The molecule has 0 atom stereocenters. The molecule has 0 fully saturated rings. The molecule has 1 aliphatic rings. The zero-order valence-electron chi connectivity index (χ0n) is 5.11. The maximum Gasteiger partial charge on any atom is 0.274 e. The van der Waals surface area contributed by atoms with Gasteiger partial charge in [0.15, 0.2) is 0 Å². The van der Waals surface area contributed by atoms with Crippen molar-refractivity contribution >= 4 is 29.6 Å². The summed E-state index contributed by atoms with van der Waals surface area (Å²) in [7, 11) is -1.01. The lowest BCUT2D eigenvalue weighted by Gasteiger charge is -2.05. The molecule has 0 aromatic heterocycles. The minimum atomic E-state index is -1.01. The summed E-state index contributed by atoms with van der Waals surface area (Å²) in [6.07, 6.45) is 6.80. The van der Waals surface area contributed by atoms with Crippen LogP contribution in [0.2, 0.25) is 6.04 Å². The molecule has 0 amide bonds.